The number of aromatic amines is 1. The average molecular weight is 566 g/mol. The van der Waals surface area contributed by atoms with Crippen LogP contribution >= 0.6 is 0 Å². The lowest BCUT2D eigenvalue weighted by molar-refractivity contribution is -0.164. The van der Waals surface area contributed by atoms with Gasteiger partial charge in [-0.3, -0.25) is 19.2 Å². The molecule has 3 heterocycles. The van der Waals surface area contributed by atoms with Gasteiger partial charge in [-0.15, -0.1) is 0 Å². The third-order valence-corrected chi connectivity index (χ3v) is 8.88. The summed E-state index contributed by atoms with van der Waals surface area (Å²) in [5.41, 5.74) is 2.82. The molecule has 3 atom stereocenters. The van der Waals surface area contributed by atoms with E-state index in [0.717, 1.165) is 27.7 Å². The molecule has 2 aromatic rings. The molecular weight excluding hydrogens is 518 g/mol. The van der Waals surface area contributed by atoms with Gasteiger partial charge in [-0.05, 0) is 78.0 Å². The van der Waals surface area contributed by atoms with Gasteiger partial charge in [0.05, 0.1) is 11.5 Å². The highest BCUT2D eigenvalue weighted by atomic mass is 16.2. The van der Waals surface area contributed by atoms with Crippen molar-refractivity contribution < 1.29 is 19.2 Å². The fraction of sp³-hybridized carbons (Fsp3) is 0.625. The lowest BCUT2D eigenvalue weighted by atomic mass is 9.67. The number of hydrogen-bond donors (Lipinski definition) is 2. The summed E-state index contributed by atoms with van der Waals surface area (Å²) < 4.78 is 0. The maximum absolute atomic E-state index is 14.1. The van der Waals surface area contributed by atoms with Crippen LogP contribution in [0.2, 0.25) is 0 Å². The molecule has 1 fully saturated rings. The van der Waals surface area contributed by atoms with Gasteiger partial charge in [-0.1, -0.05) is 12.1 Å². The number of rotatable bonds is 8. The molecule has 0 bridgehead atoms. The zero-order valence-electron chi connectivity index (χ0n) is 26.0. The van der Waals surface area contributed by atoms with Gasteiger partial charge in [-0.25, -0.2) is 0 Å². The molecule has 1 saturated heterocycles. The summed E-state index contributed by atoms with van der Waals surface area (Å²) in [6.45, 7) is 13.4. The third-order valence-electron chi connectivity index (χ3n) is 8.88. The fourth-order valence-corrected chi connectivity index (χ4v) is 6.71. The van der Waals surface area contributed by atoms with Crippen LogP contribution in [-0.4, -0.2) is 82.6 Å². The molecule has 224 valence electrons. The Hall–Kier alpha value is -3.36. The normalized spacial score (nSPS) is 22.2. The van der Waals surface area contributed by atoms with Crippen molar-refractivity contribution in [2.45, 2.75) is 84.7 Å². The minimum absolute atomic E-state index is 0.0191. The van der Waals surface area contributed by atoms with Crippen molar-refractivity contribution >= 4 is 34.5 Å². The number of nitrogens with one attached hydrogen (secondary N) is 2. The predicted octanol–water partition coefficient (Wildman–Crippen LogP) is 3.60. The molecule has 9 heteroatoms. The van der Waals surface area contributed by atoms with Crippen LogP contribution in [0.15, 0.2) is 18.2 Å². The van der Waals surface area contributed by atoms with E-state index in [4.69, 9.17) is 0 Å². The quantitative estimate of drug-likeness (QED) is 0.510. The van der Waals surface area contributed by atoms with Crippen molar-refractivity contribution in [2.24, 2.45) is 11.8 Å². The third kappa shape index (κ3) is 5.86. The van der Waals surface area contributed by atoms with Crippen LogP contribution in [0.25, 0.3) is 10.9 Å². The van der Waals surface area contributed by atoms with Crippen molar-refractivity contribution in [1.82, 2.24) is 25.0 Å². The van der Waals surface area contributed by atoms with Crippen molar-refractivity contribution in [3.63, 3.8) is 0 Å². The van der Waals surface area contributed by atoms with Gasteiger partial charge in [0.1, 0.15) is 0 Å². The Morgan fingerprint density at radius 1 is 1.15 bits per heavy atom. The van der Waals surface area contributed by atoms with E-state index in [1.165, 1.54) is 0 Å². The molecule has 41 heavy (non-hydrogen) atoms. The molecule has 0 aliphatic carbocycles. The first-order valence-corrected chi connectivity index (χ1v) is 15.0. The molecule has 2 aliphatic heterocycles. The van der Waals surface area contributed by atoms with Crippen LogP contribution in [0.4, 0.5) is 0 Å². The Kier molecular flexibility index (Phi) is 8.58. The number of benzene rings is 1. The highest BCUT2D eigenvalue weighted by molar-refractivity contribution is 5.93. The lowest BCUT2D eigenvalue weighted by Crippen LogP contribution is -2.64. The summed E-state index contributed by atoms with van der Waals surface area (Å²) in [7, 11) is 3.53. The lowest BCUT2D eigenvalue weighted by Gasteiger charge is -2.54. The number of carbonyl (C=O) groups excluding carboxylic acids is 4. The molecule has 0 spiro atoms. The molecule has 9 nitrogen and oxygen atoms in total. The fourth-order valence-electron chi connectivity index (χ4n) is 6.71. The molecule has 2 aliphatic rings. The van der Waals surface area contributed by atoms with Gasteiger partial charge in [0.2, 0.25) is 23.6 Å². The first kappa shape index (κ1) is 30.6. The standard InChI is InChI=1S/C32H47N5O4/c1-9-36(10-2)30(41)24-18-21(19-26(38)34-31(3,4)5)29(40)37-16-15-23-22-13-11-20(12-14-27(39)35(7)8)17-25(22)33-28(23)32(24,37)6/h11,13,17,21,24,33H,9-10,12,14-16,18-19H2,1-8H3,(H,34,38)/t21-,24-,32+/m1/s1. The van der Waals surface area contributed by atoms with Crippen molar-refractivity contribution in [1.29, 1.82) is 0 Å². The predicted molar refractivity (Wildman–Crippen MR) is 160 cm³/mol. The number of piperidine rings is 1. The van der Waals surface area contributed by atoms with E-state index in [2.05, 4.69) is 28.5 Å². The van der Waals surface area contributed by atoms with Gasteiger partial charge in [0.15, 0.2) is 0 Å². The Morgan fingerprint density at radius 2 is 1.83 bits per heavy atom. The Balaban J connectivity index is 1.74. The van der Waals surface area contributed by atoms with E-state index in [1.807, 2.05) is 51.3 Å². The second-order valence-electron chi connectivity index (χ2n) is 13.0. The van der Waals surface area contributed by atoms with Crippen molar-refractivity contribution in [3.05, 3.63) is 35.0 Å². The summed E-state index contributed by atoms with van der Waals surface area (Å²) in [4.78, 5) is 62.1. The molecule has 4 rings (SSSR count). The van der Waals surface area contributed by atoms with Crippen LogP contribution in [0.5, 0.6) is 0 Å². The highest BCUT2D eigenvalue weighted by Gasteiger charge is 2.57. The molecule has 0 unspecified atom stereocenters. The summed E-state index contributed by atoms with van der Waals surface area (Å²) in [5.74, 6) is -1.17. The maximum Gasteiger partial charge on any atom is 0.228 e. The zero-order valence-corrected chi connectivity index (χ0v) is 26.0. The topological polar surface area (TPSA) is 106 Å². The average Bonchev–Trinajstić information content (AvgIpc) is 3.27. The maximum atomic E-state index is 14.1. The Morgan fingerprint density at radius 3 is 2.44 bits per heavy atom. The largest absolute Gasteiger partial charge is 0.356 e. The summed E-state index contributed by atoms with van der Waals surface area (Å²) in [6, 6.07) is 6.27. The molecule has 0 saturated carbocycles. The molecular formula is C32H47N5O4. The van der Waals surface area contributed by atoms with Gasteiger partial charge in [0.25, 0.3) is 0 Å². The van der Waals surface area contributed by atoms with Crippen molar-refractivity contribution in [3.8, 4) is 0 Å². The van der Waals surface area contributed by atoms with Crippen LogP contribution in [0, 0.1) is 11.8 Å². The smallest absolute Gasteiger partial charge is 0.228 e. The number of fused-ring (bicyclic) bond motifs is 5. The van der Waals surface area contributed by atoms with Crippen LogP contribution in [0.1, 0.15) is 77.6 Å². The van der Waals surface area contributed by atoms with Gasteiger partial charge in [-0.2, -0.15) is 0 Å². The van der Waals surface area contributed by atoms with Gasteiger partial charge >= 0.3 is 0 Å². The number of amides is 4. The minimum atomic E-state index is -0.860. The van der Waals surface area contributed by atoms with Crippen LogP contribution in [0.3, 0.4) is 0 Å². The Bertz CT molecular complexity index is 1340. The minimum Gasteiger partial charge on any atom is -0.356 e. The highest BCUT2D eigenvalue weighted by Crippen LogP contribution is 2.50. The number of nitrogens with zero attached hydrogens (tertiary/aromatic N) is 3. The van der Waals surface area contributed by atoms with Crippen LogP contribution < -0.4 is 5.32 Å². The second-order valence-corrected chi connectivity index (χ2v) is 13.0. The molecule has 4 amide bonds. The number of H-pyrrole nitrogens is 1. The van der Waals surface area contributed by atoms with Crippen LogP contribution in [-0.2, 0) is 37.6 Å². The summed E-state index contributed by atoms with van der Waals surface area (Å²) in [5, 5.41) is 4.08. The molecule has 2 N–H and O–H groups in total. The first-order valence-electron chi connectivity index (χ1n) is 15.0. The number of aromatic nitrogens is 1. The summed E-state index contributed by atoms with van der Waals surface area (Å²) >= 11 is 0. The van der Waals surface area contributed by atoms with E-state index in [1.54, 1.807) is 19.0 Å². The first-order chi connectivity index (χ1) is 19.2. The Labute approximate surface area is 244 Å². The van der Waals surface area contributed by atoms with Gasteiger partial charge < -0.3 is 25.0 Å². The summed E-state index contributed by atoms with van der Waals surface area (Å²) in [6.07, 6.45) is 2.14. The SMILES string of the molecule is CCN(CC)C(=O)[C@H]1C[C@H](CC(=O)NC(C)(C)C)C(=O)N2CCc3c([nH]c4cc(CCC(=O)N(C)C)ccc34)[C@]12C. The van der Waals surface area contributed by atoms with Gasteiger partial charge in [0, 0.05) is 74.6 Å². The molecule has 1 aromatic carbocycles. The molecule has 1 aromatic heterocycles. The van der Waals surface area contributed by atoms with Crippen molar-refractivity contribution in [2.75, 3.05) is 33.7 Å². The molecule has 0 radical (unpaired) electrons. The number of hydrogen-bond acceptors (Lipinski definition) is 4. The number of aryl methyl sites for hydroxylation is 1. The zero-order chi connectivity index (χ0) is 30.3. The number of carbonyl (C=O) groups is 4. The van der Waals surface area contributed by atoms with E-state index in [9.17, 15) is 19.2 Å². The second kappa shape index (κ2) is 11.5. The van der Waals surface area contributed by atoms with E-state index < -0.39 is 22.9 Å². The van der Waals surface area contributed by atoms with E-state index in [-0.39, 0.29) is 30.0 Å². The monoisotopic (exact) mass is 565 g/mol. The van der Waals surface area contributed by atoms with E-state index in [0.29, 0.717) is 45.3 Å². The van der Waals surface area contributed by atoms with E-state index >= 15 is 0 Å².